The summed E-state index contributed by atoms with van der Waals surface area (Å²) in [6, 6.07) is 0. The summed E-state index contributed by atoms with van der Waals surface area (Å²) in [5.74, 6) is 0.550. The van der Waals surface area contributed by atoms with Crippen LogP contribution >= 0.6 is 0 Å². The van der Waals surface area contributed by atoms with Crippen LogP contribution in [0.25, 0.3) is 0 Å². The average molecular weight is 180 g/mol. The maximum absolute atomic E-state index is 11.3. The number of nitrogens with one attached hydrogen (secondary N) is 2. The van der Waals surface area contributed by atoms with Crippen LogP contribution in [0.2, 0.25) is 0 Å². The normalized spacial score (nSPS) is 10.0. The van der Waals surface area contributed by atoms with E-state index in [1.54, 1.807) is 13.8 Å². The van der Waals surface area contributed by atoms with E-state index in [2.05, 4.69) is 9.97 Å². The van der Waals surface area contributed by atoms with Gasteiger partial charge in [-0.05, 0) is 13.8 Å². The van der Waals surface area contributed by atoms with E-state index >= 15 is 0 Å². The van der Waals surface area contributed by atoms with Crippen molar-refractivity contribution in [2.75, 3.05) is 0 Å². The molecule has 0 bridgehead atoms. The number of aromatic nitrogens is 2. The molecule has 5 nitrogen and oxygen atoms in total. The highest BCUT2D eigenvalue weighted by Gasteiger charge is 2.06. The van der Waals surface area contributed by atoms with Crippen LogP contribution < -0.4 is 11.3 Å². The summed E-state index contributed by atoms with van der Waals surface area (Å²) in [6.45, 7) is 3.45. The lowest BCUT2D eigenvalue weighted by Crippen LogP contribution is -2.23. The van der Waals surface area contributed by atoms with E-state index in [1.807, 2.05) is 0 Å². The Kier molecular flexibility index (Phi) is 2.46. The fourth-order valence-electron chi connectivity index (χ4n) is 1.15. The lowest BCUT2D eigenvalue weighted by Gasteiger charge is -2.03. The number of amidine groups is 1. The predicted molar refractivity (Wildman–Crippen MR) is 49.9 cm³/mol. The molecule has 0 saturated heterocycles. The Morgan fingerprint density at radius 2 is 2.23 bits per heavy atom. The maximum atomic E-state index is 11.3. The molecule has 0 radical (unpaired) electrons. The third kappa shape index (κ3) is 2.14. The zero-order valence-corrected chi connectivity index (χ0v) is 7.64. The molecule has 1 rings (SSSR count). The monoisotopic (exact) mass is 180 g/mol. The Morgan fingerprint density at radius 1 is 1.62 bits per heavy atom. The number of H-pyrrole nitrogens is 1. The van der Waals surface area contributed by atoms with Gasteiger partial charge >= 0.3 is 0 Å². The molecule has 13 heavy (non-hydrogen) atoms. The van der Waals surface area contributed by atoms with E-state index in [4.69, 9.17) is 11.1 Å². The minimum Gasteiger partial charge on any atom is -0.387 e. The van der Waals surface area contributed by atoms with Crippen LogP contribution in [-0.2, 0) is 6.42 Å². The van der Waals surface area contributed by atoms with E-state index in [0.29, 0.717) is 17.1 Å². The van der Waals surface area contributed by atoms with Gasteiger partial charge in [-0.15, -0.1) is 0 Å². The fraction of sp³-hybridized carbons (Fsp3) is 0.375. The van der Waals surface area contributed by atoms with E-state index in [0.717, 1.165) is 0 Å². The van der Waals surface area contributed by atoms with Crippen LogP contribution in [0.4, 0.5) is 0 Å². The Bertz CT molecular complexity index is 394. The van der Waals surface area contributed by atoms with Gasteiger partial charge in [0, 0.05) is 17.7 Å². The molecule has 1 aromatic rings. The van der Waals surface area contributed by atoms with Crippen molar-refractivity contribution in [2.45, 2.75) is 20.3 Å². The molecular formula is C8H12N4O. The minimum absolute atomic E-state index is 0.0285. The standard InChI is InChI=1S/C8H12N4O/c1-4-6(3-7(9)10)8(13)12-5(2)11-4/h3H2,1-2H3,(H3,9,10)(H,11,12,13). The second-order valence-electron chi connectivity index (χ2n) is 2.92. The minimum atomic E-state index is -0.208. The molecule has 0 amide bonds. The number of rotatable bonds is 2. The van der Waals surface area contributed by atoms with Crippen molar-refractivity contribution in [3.63, 3.8) is 0 Å². The molecule has 1 aromatic heterocycles. The Morgan fingerprint density at radius 3 is 2.69 bits per heavy atom. The molecular weight excluding hydrogens is 168 g/mol. The molecule has 0 fully saturated rings. The molecule has 0 aliphatic heterocycles. The van der Waals surface area contributed by atoms with Gasteiger partial charge < -0.3 is 10.7 Å². The van der Waals surface area contributed by atoms with Gasteiger partial charge in [-0.25, -0.2) is 4.98 Å². The first-order valence-electron chi connectivity index (χ1n) is 3.90. The highest BCUT2D eigenvalue weighted by molar-refractivity contribution is 5.79. The van der Waals surface area contributed by atoms with Gasteiger partial charge in [0.25, 0.3) is 5.56 Å². The quantitative estimate of drug-likeness (QED) is 0.436. The maximum Gasteiger partial charge on any atom is 0.254 e. The van der Waals surface area contributed by atoms with Gasteiger partial charge in [0.15, 0.2) is 0 Å². The number of aromatic amines is 1. The van der Waals surface area contributed by atoms with Crippen LogP contribution in [0.5, 0.6) is 0 Å². The smallest absolute Gasteiger partial charge is 0.254 e. The summed E-state index contributed by atoms with van der Waals surface area (Å²) in [7, 11) is 0. The molecule has 0 atom stereocenters. The summed E-state index contributed by atoms with van der Waals surface area (Å²) in [5, 5.41) is 7.08. The van der Waals surface area contributed by atoms with Gasteiger partial charge in [0.2, 0.25) is 0 Å². The highest BCUT2D eigenvalue weighted by atomic mass is 16.1. The zero-order valence-electron chi connectivity index (χ0n) is 7.64. The number of nitrogens with two attached hydrogens (primary N) is 1. The number of hydrogen-bond acceptors (Lipinski definition) is 3. The second-order valence-corrected chi connectivity index (χ2v) is 2.92. The molecule has 5 heteroatoms. The van der Waals surface area contributed by atoms with Crippen LogP contribution in [0.1, 0.15) is 17.1 Å². The predicted octanol–water partition coefficient (Wildman–Crippen LogP) is -0.135. The van der Waals surface area contributed by atoms with Gasteiger partial charge in [0.05, 0.1) is 5.84 Å². The lowest BCUT2D eigenvalue weighted by atomic mass is 10.1. The van der Waals surface area contributed by atoms with Crippen LogP contribution in [0, 0.1) is 19.3 Å². The van der Waals surface area contributed by atoms with Crippen molar-refractivity contribution < 1.29 is 0 Å². The average Bonchev–Trinajstić information content (AvgIpc) is 1.96. The van der Waals surface area contributed by atoms with Crippen molar-refractivity contribution in [2.24, 2.45) is 5.73 Å². The third-order valence-electron chi connectivity index (χ3n) is 1.71. The number of nitrogens with zero attached hydrogens (tertiary/aromatic N) is 1. The van der Waals surface area contributed by atoms with Crippen LogP contribution in [0.3, 0.4) is 0 Å². The van der Waals surface area contributed by atoms with Crippen LogP contribution in [-0.4, -0.2) is 15.8 Å². The highest BCUT2D eigenvalue weighted by Crippen LogP contribution is 1.98. The molecule has 1 heterocycles. The van der Waals surface area contributed by atoms with Crippen molar-refractivity contribution in [1.29, 1.82) is 5.41 Å². The first-order chi connectivity index (χ1) is 6.00. The topological polar surface area (TPSA) is 95.6 Å². The van der Waals surface area contributed by atoms with E-state index < -0.39 is 0 Å². The molecule has 0 spiro atoms. The molecule has 0 aliphatic carbocycles. The largest absolute Gasteiger partial charge is 0.387 e. The summed E-state index contributed by atoms with van der Waals surface area (Å²) in [5.41, 5.74) is 6.10. The van der Waals surface area contributed by atoms with Gasteiger partial charge in [-0.3, -0.25) is 10.2 Å². The van der Waals surface area contributed by atoms with Crippen LogP contribution in [0.15, 0.2) is 4.79 Å². The molecule has 0 aromatic carbocycles. The van der Waals surface area contributed by atoms with Gasteiger partial charge in [-0.1, -0.05) is 0 Å². The lowest BCUT2D eigenvalue weighted by molar-refractivity contribution is 0.938. The number of aryl methyl sites for hydroxylation is 2. The van der Waals surface area contributed by atoms with Gasteiger partial charge in [-0.2, -0.15) is 0 Å². The molecule has 0 saturated carbocycles. The van der Waals surface area contributed by atoms with E-state index in [-0.39, 0.29) is 17.8 Å². The molecule has 0 unspecified atom stereocenters. The first-order valence-corrected chi connectivity index (χ1v) is 3.90. The Balaban J connectivity index is 3.21. The van der Waals surface area contributed by atoms with E-state index in [9.17, 15) is 4.79 Å². The Labute approximate surface area is 75.5 Å². The molecule has 0 aliphatic rings. The second kappa shape index (κ2) is 3.38. The summed E-state index contributed by atoms with van der Waals surface area (Å²) in [6.07, 6.45) is 0.161. The van der Waals surface area contributed by atoms with E-state index in [1.165, 1.54) is 0 Å². The zero-order chi connectivity index (χ0) is 10.0. The summed E-state index contributed by atoms with van der Waals surface area (Å²) in [4.78, 5) is 18.0. The summed E-state index contributed by atoms with van der Waals surface area (Å²) >= 11 is 0. The summed E-state index contributed by atoms with van der Waals surface area (Å²) < 4.78 is 0. The SMILES string of the molecule is Cc1nc(C)c(CC(=N)N)c(=O)[nH]1. The van der Waals surface area contributed by atoms with Crippen molar-refractivity contribution >= 4 is 5.84 Å². The van der Waals surface area contributed by atoms with Crippen molar-refractivity contribution in [1.82, 2.24) is 9.97 Å². The third-order valence-corrected chi connectivity index (χ3v) is 1.71. The van der Waals surface area contributed by atoms with Crippen molar-refractivity contribution in [3.05, 3.63) is 27.4 Å². The Hall–Kier alpha value is -1.65. The van der Waals surface area contributed by atoms with Crippen molar-refractivity contribution in [3.8, 4) is 0 Å². The number of hydrogen-bond donors (Lipinski definition) is 3. The molecule has 70 valence electrons. The first kappa shape index (κ1) is 9.44. The fourth-order valence-corrected chi connectivity index (χ4v) is 1.15. The molecule has 4 N–H and O–H groups in total. The van der Waals surface area contributed by atoms with Gasteiger partial charge in [0.1, 0.15) is 5.82 Å².